The molecule has 1 radical (unpaired) electrons. The Morgan fingerprint density at radius 2 is 2.38 bits per heavy atom. The molecule has 2 N–H and O–H groups in total. The quantitative estimate of drug-likeness (QED) is 0.517. The molecule has 0 aliphatic carbocycles. The zero-order chi connectivity index (χ0) is 6.41. The molecule has 0 aliphatic heterocycles. The standard InChI is InChI=1S/C5H12NO2/c1-6-4-5(8)2-3-7/h5-6,8H,2-4H2,1H3. The van der Waals surface area contributed by atoms with E-state index in [9.17, 15) is 5.11 Å². The Morgan fingerprint density at radius 1 is 1.75 bits per heavy atom. The van der Waals surface area contributed by atoms with Crippen LogP contribution in [-0.4, -0.2) is 31.4 Å². The molecule has 0 rings (SSSR count). The highest BCUT2D eigenvalue weighted by Gasteiger charge is 1.98. The van der Waals surface area contributed by atoms with Crippen molar-refractivity contribution in [2.24, 2.45) is 0 Å². The Morgan fingerprint density at radius 3 is 2.75 bits per heavy atom. The van der Waals surface area contributed by atoms with Crippen LogP contribution < -0.4 is 5.32 Å². The average molecular weight is 118 g/mol. The van der Waals surface area contributed by atoms with Gasteiger partial charge in [-0.25, -0.2) is 5.11 Å². The third-order valence-corrected chi connectivity index (χ3v) is 0.891. The van der Waals surface area contributed by atoms with Crippen LogP contribution in [0.1, 0.15) is 6.42 Å². The Kier molecular flexibility index (Phi) is 4.95. The van der Waals surface area contributed by atoms with Crippen molar-refractivity contribution in [1.29, 1.82) is 0 Å². The molecule has 0 aliphatic rings. The van der Waals surface area contributed by atoms with E-state index in [0.717, 1.165) is 0 Å². The SMILES string of the molecule is CNCC(O)CC[O]. The zero-order valence-electron chi connectivity index (χ0n) is 5.05. The zero-order valence-corrected chi connectivity index (χ0v) is 5.05. The summed E-state index contributed by atoms with van der Waals surface area (Å²) in [6, 6.07) is 0. The number of aliphatic hydroxyl groups excluding tert-OH is 1. The van der Waals surface area contributed by atoms with Crippen molar-refractivity contribution in [3.8, 4) is 0 Å². The van der Waals surface area contributed by atoms with Crippen molar-refractivity contribution in [2.75, 3.05) is 20.2 Å². The lowest BCUT2D eigenvalue weighted by molar-refractivity contribution is 0.105. The Labute approximate surface area is 49.3 Å². The Bertz CT molecular complexity index is 43.7. The maximum atomic E-state index is 9.83. The summed E-state index contributed by atoms with van der Waals surface area (Å²) in [5.41, 5.74) is 0. The molecule has 0 aromatic carbocycles. The Hall–Kier alpha value is -0.120. The molecule has 0 fully saturated rings. The van der Waals surface area contributed by atoms with E-state index in [1.807, 2.05) is 0 Å². The van der Waals surface area contributed by atoms with Gasteiger partial charge in [0.1, 0.15) is 0 Å². The van der Waals surface area contributed by atoms with Crippen LogP contribution in [0.4, 0.5) is 0 Å². The van der Waals surface area contributed by atoms with E-state index in [-0.39, 0.29) is 6.61 Å². The van der Waals surface area contributed by atoms with Crippen LogP contribution >= 0.6 is 0 Å². The summed E-state index contributed by atoms with van der Waals surface area (Å²) in [6.07, 6.45) is -0.113. The van der Waals surface area contributed by atoms with E-state index in [0.29, 0.717) is 13.0 Å². The van der Waals surface area contributed by atoms with Gasteiger partial charge in [-0.15, -0.1) is 0 Å². The highest BCUT2D eigenvalue weighted by molar-refractivity contribution is 4.54. The fourth-order valence-corrected chi connectivity index (χ4v) is 0.474. The highest BCUT2D eigenvalue weighted by atomic mass is 16.3. The highest BCUT2D eigenvalue weighted by Crippen LogP contribution is 1.85. The van der Waals surface area contributed by atoms with Crippen molar-refractivity contribution >= 4 is 0 Å². The number of hydrogen-bond acceptors (Lipinski definition) is 2. The van der Waals surface area contributed by atoms with E-state index in [1.54, 1.807) is 7.05 Å². The summed E-state index contributed by atoms with van der Waals surface area (Å²) >= 11 is 0. The van der Waals surface area contributed by atoms with Gasteiger partial charge < -0.3 is 10.4 Å². The molecule has 0 bridgehead atoms. The lowest BCUT2D eigenvalue weighted by atomic mass is 10.3. The van der Waals surface area contributed by atoms with Gasteiger partial charge >= 0.3 is 0 Å². The lowest BCUT2D eigenvalue weighted by Gasteiger charge is -2.04. The molecule has 1 atom stereocenters. The number of aliphatic hydroxyl groups is 1. The second-order valence-corrected chi connectivity index (χ2v) is 1.70. The first-order chi connectivity index (χ1) is 3.81. The molecule has 0 saturated heterocycles. The smallest absolute Gasteiger partial charge is 0.0847 e. The van der Waals surface area contributed by atoms with Gasteiger partial charge in [0.25, 0.3) is 0 Å². The normalized spacial score (nSPS) is 13.9. The van der Waals surface area contributed by atoms with Crippen molar-refractivity contribution in [1.82, 2.24) is 5.32 Å². The van der Waals surface area contributed by atoms with Crippen LogP contribution in [0, 0.1) is 0 Å². The molecule has 0 amide bonds. The number of rotatable bonds is 4. The molecular formula is C5H12NO2. The molecule has 0 heterocycles. The van der Waals surface area contributed by atoms with E-state index >= 15 is 0 Å². The third kappa shape index (κ3) is 4.05. The first-order valence-corrected chi connectivity index (χ1v) is 2.72. The van der Waals surface area contributed by atoms with E-state index in [4.69, 9.17) is 5.11 Å². The van der Waals surface area contributed by atoms with Crippen molar-refractivity contribution in [2.45, 2.75) is 12.5 Å². The van der Waals surface area contributed by atoms with Crippen LogP contribution in [0.15, 0.2) is 0 Å². The first-order valence-electron chi connectivity index (χ1n) is 2.72. The second-order valence-electron chi connectivity index (χ2n) is 1.70. The van der Waals surface area contributed by atoms with Crippen molar-refractivity contribution < 1.29 is 10.2 Å². The molecule has 3 heteroatoms. The topological polar surface area (TPSA) is 52.2 Å². The minimum Gasteiger partial charge on any atom is -0.392 e. The average Bonchev–Trinajstić information content (AvgIpc) is 1.68. The largest absolute Gasteiger partial charge is 0.392 e. The van der Waals surface area contributed by atoms with Crippen LogP contribution in [0.5, 0.6) is 0 Å². The van der Waals surface area contributed by atoms with Crippen LogP contribution in [0.25, 0.3) is 0 Å². The van der Waals surface area contributed by atoms with Gasteiger partial charge in [0, 0.05) is 13.0 Å². The van der Waals surface area contributed by atoms with Gasteiger partial charge in [-0.05, 0) is 7.05 Å². The van der Waals surface area contributed by atoms with Crippen molar-refractivity contribution in [3.63, 3.8) is 0 Å². The van der Waals surface area contributed by atoms with Crippen LogP contribution in [0.2, 0.25) is 0 Å². The van der Waals surface area contributed by atoms with Gasteiger partial charge in [0.15, 0.2) is 0 Å². The molecule has 49 valence electrons. The van der Waals surface area contributed by atoms with E-state index in [2.05, 4.69) is 5.32 Å². The van der Waals surface area contributed by atoms with E-state index in [1.165, 1.54) is 0 Å². The molecule has 3 nitrogen and oxygen atoms in total. The maximum absolute atomic E-state index is 9.83. The molecule has 0 saturated carbocycles. The molecule has 1 unspecified atom stereocenters. The van der Waals surface area contributed by atoms with E-state index < -0.39 is 6.10 Å². The van der Waals surface area contributed by atoms with Crippen LogP contribution in [0.3, 0.4) is 0 Å². The Balaban J connectivity index is 2.92. The number of hydrogen-bond donors (Lipinski definition) is 2. The van der Waals surface area contributed by atoms with Gasteiger partial charge in [0.05, 0.1) is 12.7 Å². The summed E-state index contributed by atoms with van der Waals surface area (Å²) in [7, 11) is 1.74. The maximum Gasteiger partial charge on any atom is 0.0847 e. The monoisotopic (exact) mass is 118 g/mol. The molecular weight excluding hydrogens is 106 g/mol. The molecule has 0 aromatic heterocycles. The summed E-state index contributed by atoms with van der Waals surface area (Å²) in [6.45, 7) is 0.324. The number of likely N-dealkylation sites (N-methyl/N-ethyl adjacent to an activating group) is 1. The van der Waals surface area contributed by atoms with Gasteiger partial charge in [-0.3, -0.25) is 0 Å². The lowest BCUT2D eigenvalue weighted by Crippen LogP contribution is -2.23. The van der Waals surface area contributed by atoms with Crippen molar-refractivity contribution in [3.05, 3.63) is 0 Å². The fraction of sp³-hybridized carbons (Fsp3) is 1.00. The minimum absolute atomic E-state index is 0.192. The molecule has 0 aromatic rings. The fourth-order valence-electron chi connectivity index (χ4n) is 0.474. The van der Waals surface area contributed by atoms with Gasteiger partial charge in [-0.2, -0.15) is 0 Å². The predicted molar refractivity (Wildman–Crippen MR) is 30.1 cm³/mol. The predicted octanol–water partition coefficient (Wildman–Crippen LogP) is -0.613. The summed E-state index contributed by atoms with van der Waals surface area (Å²) in [5, 5.41) is 21.4. The molecule has 0 spiro atoms. The summed E-state index contributed by atoms with van der Waals surface area (Å²) in [4.78, 5) is 0. The third-order valence-electron chi connectivity index (χ3n) is 0.891. The van der Waals surface area contributed by atoms with Gasteiger partial charge in [0.2, 0.25) is 0 Å². The minimum atomic E-state index is -0.461. The van der Waals surface area contributed by atoms with Crippen LogP contribution in [-0.2, 0) is 5.11 Å². The number of nitrogens with one attached hydrogen (secondary N) is 1. The summed E-state index contributed by atoms with van der Waals surface area (Å²) in [5.74, 6) is 0. The first kappa shape index (κ1) is 7.88. The molecule has 8 heavy (non-hydrogen) atoms. The second kappa shape index (κ2) is 5.03. The van der Waals surface area contributed by atoms with Gasteiger partial charge in [-0.1, -0.05) is 0 Å². The summed E-state index contributed by atoms with van der Waals surface area (Å²) < 4.78 is 0.